The quantitative estimate of drug-likeness (QED) is 0.568. The Morgan fingerprint density at radius 3 is 2.47 bits per heavy atom. The van der Waals surface area contributed by atoms with E-state index in [2.05, 4.69) is 35.6 Å². The minimum absolute atomic E-state index is 0.324. The number of esters is 1. The highest BCUT2D eigenvalue weighted by Crippen LogP contribution is 2.37. The summed E-state index contributed by atoms with van der Waals surface area (Å²) in [5.41, 5.74) is 1.17. The van der Waals surface area contributed by atoms with E-state index in [4.69, 9.17) is 20.8 Å². The minimum atomic E-state index is -1.85. The standard InChI is InChI=1S/C13H18BrClO3Si/c1-6-17-13(16)9-7-10(14)11(15)8(2)12(9)18-19(3,4)5/h7H,6H2,1-5H3. The Hall–Kier alpha value is -0.523. The van der Waals surface area contributed by atoms with Crippen molar-refractivity contribution in [1.82, 2.24) is 0 Å². The molecule has 0 fully saturated rings. The Kier molecular flexibility index (Phi) is 5.47. The van der Waals surface area contributed by atoms with E-state index in [1.54, 1.807) is 13.0 Å². The van der Waals surface area contributed by atoms with Gasteiger partial charge in [-0.15, -0.1) is 0 Å². The molecule has 106 valence electrons. The van der Waals surface area contributed by atoms with E-state index in [9.17, 15) is 4.79 Å². The summed E-state index contributed by atoms with van der Waals surface area (Å²) in [4.78, 5) is 12.0. The third-order valence-electron chi connectivity index (χ3n) is 2.30. The molecule has 3 nitrogen and oxygen atoms in total. The van der Waals surface area contributed by atoms with Crippen LogP contribution in [0.1, 0.15) is 22.8 Å². The molecular weight excluding hydrogens is 348 g/mol. The van der Waals surface area contributed by atoms with Gasteiger partial charge in [0.25, 0.3) is 0 Å². The Balaban J connectivity index is 3.39. The molecule has 0 unspecified atom stereocenters. The van der Waals surface area contributed by atoms with Crippen LogP contribution in [-0.2, 0) is 4.74 Å². The monoisotopic (exact) mass is 364 g/mol. The van der Waals surface area contributed by atoms with E-state index in [-0.39, 0.29) is 0 Å². The number of ether oxygens (including phenoxy) is 1. The van der Waals surface area contributed by atoms with Gasteiger partial charge in [-0.2, -0.15) is 0 Å². The Morgan fingerprint density at radius 2 is 2.00 bits per heavy atom. The largest absolute Gasteiger partial charge is 0.544 e. The lowest BCUT2D eigenvalue weighted by Crippen LogP contribution is -2.30. The van der Waals surface area contributed by atoms with Gasteiger partial charge in [-0.05, 0) is 55.5 Å². The fourth-order valence-electron chi connectivity index (χ4n) is 1.53. The lowest BCUT2D eigenvalue weighted by molar-refractivity contribution is 0.0524. The van der Waals surface area contributed by atoms with Crippen molar-refractivity contribution in [3.63, 3.8) is 0 Å². The van der Waals surface area contributed by atoms with Crippen LogP contribution in [0, 0.1) is 6.92 Å². The smallest absolute Gasteiger partial charge is 0.341 e. The summed E-state index contributed by atoms with van der Waals surface area (Å²) in [6.45, 7) is 10.1. The molecule has 0 saturated carbocycles. The van der Waals surface area contributed by atoms with Crippen LogP contribution in [0.25, 0.3) is 0 Å². The zero-order valence-corrected chi connectivity index (χ0v) is 15.1. The maximum Gasteiger partial charge on any atom is 0.341 e. The molecule has 0 amide bonds. The lowest BCUT2D eigenvalue weighted by atomic mass is 10.1. The van der Waals surface area contributed by atoms with Crippen molar-refractivity contribution in [3.8, 4) is 5.75 Å². The van der Waals surface area contributed by atoms with Crippen LogP contribution >= 0.6 is 27.5 Å². The fraction of sp³-hybridized carbons (Fsp3) is 0.462. The van der Waals surface area contributed by atoms with E-state index in [0.717, 1.165) is 5.56 Å². The molecule has 0 aliphatic heterocycles. The zero-order chi connectivity index (χ0) is 14.8. The van der Waals surface area contributed by atoms with Gasteiger partial charge in [-0.3, -0.25) is 0 Å². The van der Waals surface area contributed by atoms with Gasteiger partial charge in [-0.1, -0.05) is 11.6 Å². The van der Waals surface area contributed by atoms with Crippen LogP contribution < -0.4 is 4.43 Å². The van der Waals surface area contributed by atoms with Gasteiger partial charge in [0, 0.05) is 10.0 Å². The van der Waals surface area contributed by atoms with Crippen LogP contribution in [0.4, 0.5) is 0 Å². The number of carbonyl (C=O) groups excluding carboxylic acids is 1. The topological polar surface area (TPSA) is 35.5 Å². The molecule has 0 bridgehead atoms. The van der Waals surface area contributed by atoms with Crippen molar-refractivity contribution in [2.75, 3.05) is 6.61 Å². The Labute approximate surface area is 128 Å². The molecule has 0 aliphatic carbocycles. The SMILES string of the molecule is CCOC(=O)c1cc(Br)c(Cl)c(C)c1O[Si](C)(C)C. The number of halogens is 2. The predicted molar refractivity (Wildman–Crippen MR) is 83.8 cm³/mol. The summed E-state index contributed by atoms with van der Waals surface area (Å²) < 4.78 is 11.7. The molecule has 1 aromatic rings. The average molecular weight is 366 g/mol. The van der Waals surface area contributed by atoms with Gasteiger partial charge >= 0.3 is 5.97 Å². The van der Waals surface area contributed by atoms with Crippen molar-refractivity contribution in [2.24, 2.45) is 0 Å². The van der Waals surface area contributed by atoms with Gasteiger partial charge in [-0.25, -0.2) is 4.79 Å². The molecule has 0 aromatic heterocycles. The number of hydrogen-bond donors (Lipinski definition) is 0. The van der Waals surface area contributed by atoms with Crippen LogP contribution in [0.2, 0.25) is 24.7 Å². The van der Waals surface area contributed by atoms with Crippen LogP contribution in [0.5, 0.6) is 5.75 Å². The first-order chi connectivity index (χ1) is 8.67. The second kappa shape index (κ2) is 6.28. The summed E-state index contributed by atoms with van der Waals surface area (Å²) in [5.74, 6) is 0.141. The van der Waals surface area contributed by atoms with Crippen LogP contribution in [0.3, 0.4) is 0 Å². The van der Waals surface area contributed by atoms with Crippen molar-refractivity contribution in [2.45, 2.75) is 33.5 Å². The van der Waals surface area contributed by atoms with Crippen molar-refractivity contribution in [1.29, 1.82) is 0 Å². The second-order valence-corrected chi connectivity index (χ2v) is 10.8. The number of hydrogen-bond acceptors (Lipinski definition) is 3. The normalized spacial score (nSPS) is 11.3. The van der Waals surface area contributed by atoms with E-state index >= 15 is 0 Å². The van der Waals surface area contributed by atoms with Crippen LogP contribution in [0.15, 0.2) is 10.5 Å². The number of benzene rings is 1. The summed E-state index contributed by atoms with van der Waals surface area (Å²) >= 11 is 9.55. The third kappa shape index (κ3) is 4.23. The van der Waals surface area contributed by atoms with E-state index in [0.29, 0.717) is 27.4 Å². The lowest BCUT2D eigenvalue weighted by Gasteiger charge is -2.23. The molecule has 0 spiro atoms. The molecule has 0 radical (unpaired) electrons. The molecular formula is C13H18BrClO3Si. The Bertz CT molecular complexity index is 498. The maximum atomic E-state index is 12.0. The van der Waals surface area contributed by atoms with E-state index in [1.165, 1.54) is 0 Å². The summed E-state index contributed by atoms with van der Waals surface area (Å²) in [6.07, 6.45) is 0. The second-order valence-electron chi connectivity index (χ2n) is 5.11. The molecule has 6 heteroatoms. The van der Waals surface area contributed by atoms with Gasteiger partial charge in [0.15, 0.2) is 0 Å². The van der Waals surface area contributed by atoms with Crippen LogP contribution in [-0.4, -0.2) is 20.9 Å². The van der Waals surface area contributed by atoms with Crippen molar-refractivity contribution in [3.05, 3.63) is 26.7 Å². The average Bonchev–Trinajstić information content (AvgIpc) is 2.28. The predicted octanol–water partition coefficient (Wildman–Crippen LogP) is 4.80. The Morgan fingerprint density at radius 1 is 1.42 bits per heavy atom. The van der Waals surface area contributed by atoms with E-state index in [1.807, 2.05) is 6.92 Å². The van der Waals surface area contributed by atoms with Gasteiger partial charge < -0.3 is 9.16 Å². The molecule has 0 N–H and O–H groups in total. The van der Waals surface area contributed by atoms with E-state index < -0.39 is 14.3 Å². The van der Waals surface area contributed by atoms with Gasteiger partial charge in [0.2, 0.25) is 8.32 Å². The molecule has 1 aromatic carbocycles. The first-order valence-electron chi connectivity index (χ1n) is 6.02. The highest BCUT2D eigenvalue weighted by Gasteiger charge is 2.25. The molecule has 0 atom stereocenters. The summed E-state index contributed by atoms with van der Waals surface area (Å²) in [7, 11) is -1.85. The number of carbonyl (C=O) groups is 1. The van der Waals surface area contributed by atoms with Gasteiger partial charge in [0.1, 0.15) is 11.3 Å². The minimum Gasteiger partial charge on any atom is -0.544 e. The summed E-state index contributed by atoms with van der Waals surface area (Å²) in [5, 5.41) is 0.557. The highest BCUT2D eigenvalue weighted by molar-refractivity contribution is 9.10. The summed E-state index contributed by atoms with van der Waals surface area (Å²) in [6, 6.07) is 1.66. The molecule has 19 heavy (non-hydrogen) atoms. The molecule has 0 aliphatic rings. The third-order valence-corrected chi connectivity index (χ3v) is 4.46. The van der Waals surface area contributed by atoms with Crippen molar-refractivity contribution >= 4 is 41.8 Å². The number of rotatable bonds is 4. The zero-order valence-electron chi connectivity index (χ0n) is 11.8. The fourth-order valence-corrected chi connectivity index (χ4v) is 3.08. The highest BCUT2D eigenvalue weighted by atomic mass is 79.9. The maximum absolute atomic E-state index is 12.0. The first kappa shape index (κ1) is 16.5. The molecule has 0 heterocycles. The molecule has 1 rings (SSSR count). The first-order valence-corrected chi connectivity index (χ1v) is 10.6. The van der Waals surface area contributed by atoms with Crippen molar-refractivity contribution < 1.29 is 14.0 Å². The van der Waals surface area contributed by atoms with Gasteiger partial charge in [0.05, 0.1) is 11.6 Å². The molecule has 0 saturated heterocycles.